The number of nitrogens with one attached hydrogen (secondary N) is 1. The van der Waals surface area contributed by atoms with Gasteiger partial charge in [0.1, 0.15) is 11.3 Å². The predicted molar refractivity (Wildman–Crippen MR) is 124 cm³/mol. The van der Waals surface area contributed by atoms with Gasteiger partial charge in [-0.25, -0.2) is 0 Å². The van der Waals surface area contributed by atoms with Crippen LogP contribution >= 0.6 is 0 Å². The molecule has 2 heterocycles. The number of ether oxygens (including phenoxy) is 2. The first-order chi connectivity index (χ1) is 17.5. The second-order valence-corrected chi connectivity index (χ2v) is 8.75. The molecule has 6 nitrogen and oxygen atoms in total. The summed E-state index contributed by atoms with van der Waals surface area (Å²) in [4.78, 5) is 13.3. The number of benzene rings is 2. The molecule has 0 atom stereocenters. The van der Waals surface area contributed by atoms with E-state index >= 15 is 8.78 Å². The smallest absolute Gasteiger partial charge is 0.416 e. The van der Waals surface area contributed by atoms with Gasteiger partial charge in [0.15, 0.2) is 0 Å². The maximum absolute atomic E-state index is 15.0. The summed E-state index contributed by atoms with van der Waals surface area (Å²) in [6.07, 6.45) is -4.07. The van der Waals surface area contributed by atoms with Crippen molar-refractivity contribution in [3.63, 3.8) is 0 Å². The average Bonchev–Trinajstić information content (AvgIpc) is 3.07. The Morgan fingerprint density at radius 3 is 2.51 bits per heavy atom. The molecular formula is C26H24F5N3O3. The highest BCUT2D eigenvalue weighted by Gasteiger charge is 2.35. The maximum atomic E-state index is 15.0. The number of amides is 1. The number of hydrogen-bond donors (Lipinski definition) is 1. The summed E-state index contributed by atoms with van der Waals surface area (Å²) >= 11 is 0. The van der Waals surface area contributed by atoms with E-state index in [9.17, 15) is 18.0 Å². The fraction of sp³-hybridized carbons (Fsp3) is 0.346. The molecule has 0 spiro atoms. The molecule has 37 heavy (non-hydrogen) atoms. The van der Waals surface area contributed by atoms with Crippen molar-refractivity contribution in [2.24, 2.45) is 0 Å². The number of aryl methyl sites for hydroxylation is 2. The molecule has 3 aromatic rings. The normalized spacial score (nSPS) is 14.0. The molecule has 1 amide bonds. The van der Waals surface area contributed by atoms with Gasteiger partial charge in [-0.15, -0.1) is 5.10 Å². The summed E-state index contributed by atoms with van der Waals surface area (Å²) in [5.41, 5.74) is 0.681. The largest absolute Gasteiger partial charge is 0.437 e. The van der Waals surface area contributed by atoms with Crippen molar-refractivity contribution in [1.82, 2.24) is 15.5 Å². The molecule has 196 valence electrons. The molecule has 0 aliphatic carbocycles. The summed E-state index contributed by atoms with van der Waals surface area (Å²) in [7, 11) is 0. The molecule has 4 rings (SSSR count). The van der Waals surface area contributed by atoms with Crippen molar-refractivity contribution < 1.29 is 36.2 Å². The van der Waals surface area contributed by atoms with E-state index in [0.29, 0.717) is 29.8 Å². The summed E-state index contributed by atoms with van der Waals surface area (Å²) in [5.74, 6) is -4.90. The number of carbonyl (C=O) groups excluding carboxylic acids is 1. The van der Waals surface area contributed by atoms with E-state index in [2.05, 4.69) is 15.5 Å². The molecule has 0 saturated heterocycles. The Kier molecular flexibility index (Phi) is 7.44. The van der Waals surface area contributed by atoms with Crippen molar-refractivity contribution in [1.29, 1.82) is 0 Å². The van der Waals surface area contributed by atoms with Crippen LogP contribution in [0.25, 0.3) is 0 Å². The van der Waals surface area contributed by atoms with E-state index in [4.69, 9.17) is 9.47 Å². The molecule has 0 saturated carbocycles. The van der Waals surface area contributed by atoms with Crippen LogP contribution < -0.4 is 10.1 Å². The van der Waals surface area contributed by atoms with Crippen molar-refractivity contribution >= 4 is 5.91 Å². The SMILES string of the molecule is Cc1ccc(C(F)(F)CNC(=O)c2c(Oc3cccc(C(F)(F)F)c3)nnc3c2CCOCC3)c(C)c1. The van der Waals surface area contributed by atoms with Crippen LogP contribution in [0.1, 0.15) is 43.9 Å². The van der Waals surface area contributed by atoms with Gasteiger partial charge in [-0.1, -0.05) is 29.8 Å². The Labute approximate surface area is 209 Å². The topological polar surface area (TPSA) is 73.3 Å². The van der Waals surface area contributed by atoms with Gasteiger partial charge in [0.2, 0.25) is 0 Å². The van der Waals surface area contributed by atoms with Crippen molar-refractivity contribution in [3.05, 3.63) is 81.5 Å². The minimum absolute atomic E-state index is 0.163. The molecule has 1 aliphatic rings. The highest BCUT2D eigenvalue weighted by atomic mass is 19.4. The van der Waals surface area contributed by atoms with Crippen LogP contribution in [0.15, 0.2) is 42.5 Å². The summed E-state index contributed by atoms with van der Waals surface area (Å²) < 4.78 is 80.5. The molecule has 0 radical (unpaired) electrons. The Morgan fingerprint density at radius 2 is 1.78 bits per heavy atom. The van der Waals surface area contributed by atoms with Gasteiger partial charge in [-0.3, -0.25) is 4.79 Å². The Balaban J connectivity index is 1.66. The molecule has 1 aromatic heterocycles. The van der Waals surface area contributed by atoms with Crippen LogP contribution in [-0.4, -0.2) is 35.9 Å². The number of aromatic nitrogens is 2. The Bertz CT molecular complexity index is 1310. The average molecular weight is 521 g/mol. The highest BCUT2D eigenvalue weighted by Crippen LogP contribution is 2.35. The van der Waals surface area contributed by atoms with E-state index in [1.54, 1.807) is 26.0 Å². The number of halogens is 5. The lowest BCUT2D eigenvalue weighted by atomic mass is 9.99. The molecule has 1 aliphatic heterocycles. The van der Waals surface area contributed by atoms with Crippen molar-refractivity contribution in [2.45, 2.75) is 38.8 Å². The zero-order chi connectivity index (χ0) is 26.8. The highest BCUT2D eigenvalue weighted by molar-refractivity contribution is 5.98. The number of nitrogens with zero attached hydrogens (tertiary/aromatic N) is 2. The lowest BCUT2D eigenvalue weighted by molar-refractivity contribution is -0.137. The van der Waals surface area contributed by atoms with Gasteiger partial charge in [-0.2, -0.15) is 27.1 Å². The first-order valence-electron chi connectivity index (χ1n) is 11.5. The van der Waals surface area contributed by atoms with E-state index in [0.717, 1.165) is 23.8 Å². The Morgan fingerprint density at radius 1 is 1.03 bits per heavy atom. The summed E-state index contributed by atoms with van der Waals surface area (Å²) in [5, 5.41) is 10.2. The molecule has 0 bridgehead atoms. The van der Waals surface area contributed by atoms with E-state index < -0.39 is 30.1 Å². The van der Waals surface area contributed by atoms with Crippen LogP contribution in [0.4, 0.5) is 22.0 Å². The van der Waals surface area contributed by atoms with Crippen LogP contribution in [0.2, 0.25) is 0 Å². The fourth-order valence-corrected chi connectivity index (χ4v) is 4.16. The standard InChI is InChI=1S/C26H24F5N3O3/c1-15-6-7-20(16(2)12-15)25(27,28)14-32-23(35)22-19-8-10-36-11-9-21(19)33-34-24(22)37-18-5-3-4-17(13-18)26(29,30)31/h3-7,12-13H,8-11,14H2,1-2H3,(H,32,35). The first kappa shape index (κ1) is 26.5. The maximum Gasteiger partial charge on any atom is 0.416 e. The summed E-state index contributed by atoms with van der Waals surface area (Å²) in [6.45, 7) is 2.90. The number of carbonyl (C=O) groups is 1. The first-order valence-corrected chi connectivity index (χ1v) is 11.5. The number of fused-ring (bicyclic) bond motifs is 1. The third kappa shape index (κ3) is 6.04. The third-order valence-electron chi connectivity index (χ3n) is 5.96. The zero-order valence-electron chi connectivity index (χ0n) is 20.1. The molecule has 0 fully saturated rings. The number of hydrogen-bond acceptors (Lipinski definition) is 5. The number of alkyl halides is 5. The van der Waals surface area contributed by atoms with Crippen molar-refractivity contribution in [3.8, 4) is 11.6 Å². The van der Waals surface area contributed by atoms with Crippen molar-refractivity contribution in [2.75, 3.05) is 19.8 Å². The molecule has 1 N–H and O–H groups in total. The van der Waals surface area contributed by atoms with E-state index in [-0.39, 0.29) is 35.8 Å². The second kappa shape index (κ2) is 10.4. The number of rotatable bonds is 6. The lowest BCUT2D eigenvalue weighted by Gasteiger charge is -2.21. The van der Waals surface area contributed by atoms with Gasteiger partial charge in [0.25, 0.3) is 17.7 Å². The fourth-order valence-electron chi connectivity index (χ4n) is 4.16. The van der Waals surface area contributed by atoms with Gasteiger partial charge < -0.3 is 14.8 Å². The third-order valence-corrected chi connectivity index (χ3v) is 5.96. The van der Waals surface area contributed by atoms with E-state index in [1.165, 1.54) is 12.1 Å². The van der Waals surface area contributed by atoms with E-state index in [1.807, 2.05) is 0 Å². The summed E-state index contributed by atoms with van der Waals surface area (Å²) in [6, 6.07) is 8.54. The minimum atomic E-state index is -4.62. The zero-order valence-corrected chi connectivity index (χ0v) is 20.1. The molecule has 11 heteroatoms. The minimum Gasteiger partial charge on any atom is -0.437 e. The molecular weight excluding hydrogens is 497 g/mol. The lowest BCUT2D eigenvalue weighted by Crippen LogP contribution is -2.36. The quantitative estimate of drug-likeness (QED) is 0.431. The Hall–Kier alpha value is -3.60. The van der Waals surface area contributed by atoms with Gasteiger partial charge >= 0.3 is 6.18 Å². The van der Waals surface area contributed by atoms with Crippen LogP contribution in [0, 0.1) is 13.8 Å². The van der Waals surface area contributed by atoms with Gasteiger partial charge in [0.05, 0.1) is 31.0 Å². The second-order valence-electron chi connectivity index (χ2n) is 8.75. The van der Waals surface area contributed by atoms with Crippen LogP contribution in [-0.2, 0) is 29.7 Å². The molecule has 2 aromatic carbocycles. The molecule has 0 unspecified atom stereocenters. The monoisotopic (exact) mass is 521 g/mol. The van der Waals surface area contributed by atoms with Gasteiger partial charge in [0, 0.05) is 12.0 Å². The van der Waals surface area contributed by atoms with Gasteiger partial charge in [-0.05, 0) is 49.6 Å². The van der Waals surface area contributed by atoms with Crippen LogP contribution in [0.3, 0.4) is 0 Å². The van der Waals surface area contributed by atoms with Crippen LogP contribution in [0.5, 0.6) is 11.6 Å². The predicted octanol–water partition coefficient (Wildman–Crippen LogP) is 5.54.